The van der Waals surface area contributed by atoms with Crippen LogP contribution in [0.2, 0.25) is 5.02 Å². The number of thioether (sulfide) groups is 1. The summed E-state index contributed by atoms with van der Waals surface area (Å²) >= 11 is 6.95. The third-order valence-electron chi connectivity index (χ3n) is 3.95. The summed E-state index contributed by atoms with van der Waals surface area (Å²) in [6, 6.07) is 14.4. The molecule has 0 bridgehead atoms. The van der Waals surface area contributed by atoms with E-state index in [1.807, 2.05) is 31.3 Å². The highest BCUT2D eigenvalue weighted by Crippen LogP contribution is 2.25. The number of halogens is 1. The molecule has 3 aromatic rings. The van der Waals surface area contributed by atoms with Crippen molar-refractivity contribution in [2.45, 2.75) is 12.1 Å². The summed E-state index contributed by atoms with van der Waals surface area (Å²) in [5.74, 6) is 0.840. The average molecular weight is 446 g/mol. The van der Waals surface area contributed by atoms with Crippen molar-refractivity contribution in [3.63, 3.8) is 0 Å². The number of carbonyl (C=O) groups is 1. The van der Waals surface area contributed by atoms with Crippen LogP contribution in [-0.2, 0) is 16.6 Å². The quantitative estimate of drug-likeness (QED) is 0.199. The zero-order chi connectivity index (χ0) is 21.5. The number of carbonyl (C=O) groups excluding carboxylic acids is 1. The fourth-order valence-electron chi connectivity index (χ4n) is 2.42. The molecule has 8 nitrogen and oxygen atoms in total. The molecule has 0 amide bonds. The molecule has 0 atom stereocenters. The number of nitrogens with one attached hydrogen (secondary N) is 1. The van der Waals surface area contributed by atoms with Crippen LogP contribution in [0, 0.1) is 0 Å². The van der Waals surface area contributed by atoms with E-state index in [0.717, 1.165) is 23.1 Å². The van der Waals surface area contributed by atoms with Crippen molar-refractivity contribution in [2.75, 3.05) is 19.1 Å². The smallest absolute Gasteiger partial charge is 0.365 e. The molecule has 0 saturated carbocycles. The normalized spacial score (nSPS) is 11.3. The molecule has 30 heavy (non-hydrogen) atoms. The number of esters is 1. The number of hydrogen-bond donors (Lipinski definition) is 1. The maximum atomic E-state index is 12.4. The minimum absolute atomic E-state index is 0.101. The summed E-state index contributed by atoms with van der Waals surface area (Å²) in [6.07, 6.45) is 0. The van der Waals surface area contributed by atoms with Crippen LogP contribution in [0.25, 0.3) is 11.4 Å². The van der Waals surface area contributed by atoms with Crippen molar-refractivity contribution in [3.05, 3.63) is 53.6 Å². The molecular weight excluding hydrogens is 426 g/mol. The van der Waals surface area contributed by atoms with E-state index in [-0.39, 0.29) is 11.7 Å². The van der Waals surface area contributed by atoms with Crippen molar-refractivity contribution in [1.29, 1.82) is 0 Å². The predicted octanol–water partition coefficient (Wildman–Crippen LogP) is 4.22. The number of hydrazone groups is 1. The number of ether oxygens (including phenoxy) is 2. The number of benzene rings is 2. The Morgan fingerprint density at radius 1 is 1.17 bits per heavy atom. The molecule has 0 spiro atoms. The standard InChI is InChI=1S/C20H20ClN5O3S/c1-4-29-19(27)18(24-22-15-9-7-14(21)8-10-15)30-20-25-23-17(26(20)2)13-5-11-16(28-3)12-6-13/h5-12,22H,4H2,1-3H3/b24-18-. The molecule has 0 aliphatic heterocycles. The van der Waals surface area contributed by atoms with Crippen LogP contribution in [-0.4, -0.2) is 39.5 Å². The molecule has 1 N–H and O–H groups in total. The predicted molar refractivity (Wildman–Crippen MR) is 118 cm³/mol. The van der Waals surface area contributed by atoms with Crippen molar-refractivity contribution >= 4 is 40.1 Å². The SMILES string of the molecule is CCOC(=O)/C(=N/Nc1ccc(Cl)cc1)Sc1nnc(-c2ccc(OC)cc2)n1C. The second-order valence-electron chi connectivity index (χ2n) is 5.95. The maximum Gasteiger partial charge on any atom is 0.365 e. The molecule has 156 valence electrons. The molecule has 2 aromatic carbocycles. The lowest BCUT2D eigenvalue weighted by Crippen LogP contribution is -2.16. The summed E-state index contributed by atoms with van der Waals surface area (Å²) in [7, 11) is 3.43. The van der Waals surface area contributed by atoms with Crippen molar-refractivity contribution in [1.82, 2.24) is 14.8 Å². The zero-order valence-electron chi connectivity index (χ0n) is 16.6. The van der Waals surface area contributed by atoms with E-state index in [9.17, 15) is 4.79 Å². The lowest BCUT2D eigenvalue weighted by atomic mass is 10.2. The molecule has 1 heterocycles. The van der Waals surface area contributed by atoms with Gasteiger partial charge in [0.1, 0.15) is 5.75 Å². The van der Waals surface area contributed by atoms with Gasteiger partial charge in [0, 0.05) is 17.6 Å². The van der Waals surface area contributed by atoms with Gasteiger partial charge < -0.3 is 14.0 Å². The summed E-state index contributed by atoms with van der Waals surface area (Å²) in [5, 5.41) is 13.8. The Hall–Kier alpha value is -3.04. The van der Waals surface area contributed by atoms with Gasteiger partial charge in [-0.3, -0.25) is 5.43 Å². The Balaban J connectivity index is 1.83. The second-order valence-corrected chi connectivity index (χ2v) is 7.34. The summed E-state index contributed by atoms with van der Waals surface area (Å²) in [4.78, 5) is 12.4. The molecular formula is C20H20ClN5O3S. The summed E-state index contributed by atoms with van der Waals surface area (Å²) in [6.45, 7) is 1.96. The first-order chi connectivity index (χ1) is 14.5. The molecule has 0 aliphatic carbocycles. The first-order valence-electron chi connectivity index (χ1n) is 9.00. The number of methoxy groups -OCH3 is 1. The molecule has 0 aliphatic rings. The highest BCUT2D eigenvalue weighted by molar-refractivity contribution is 8.15. The average Bonchev–Trinajstić information content (AvgIpc) is 3.12. The van der Waals surface area contributed by atoms with Crippen LogP contribution in [0.4, 0.5) is 5.69 Å². The van der Waals surface area contributed by atoms with Crippen LogP contribution in [0.1, 0.15) is 6.92 Å². The molecule has 0 radical (unpaired) electrons. The van der Waals surface area contributed by atoms with Gasteiger partial charge in [-0.25, -0.2) is 4.79 Å². The molecule has 0 saturated heterocycles. The van der Waals surface area contributed by atoms with Crippen LogP contribution in [0.3, 0.4) is 0 Å². The van der Waals surface area contributed by atoms with Gasteiger partial charge in [0.05, 0.1) is 19.4 Å². The van der Waals surface area contributed by atoms with Gasteiger partial charge in [-0.15, -0.1) is 10.2 Å². The van der Waals surface area contributed by atoms with E-state index in [0.29, 0.717) is 21.7 Å². The monoisotopic (exact) mass is 445 g/mol. The Morgan fingerprint density at radius 3 is 2.50 bits per heavy atom. The fourth-order valence-corrected chi connectivity index (χ4v) is 3.26. The largest absolute Gasteiger partial charge is 0.497 e. The van der Waals surface area contributed by atoms with Crippen LogP contribution < -0.4 is 10.2 Å². The minimum atomic E-state index is -0.557. The topological polar surface area (TPSA) is 90.6 Å². The summed E-state index contributed by atoms with van der Waals surface area (Å²) < 4.78 is 12.1. The van der Waals surface area contributed by atoms with Gasteiger partial charge in [-0.2, -0.15) is 5.10 Å². The van der Waals surface area contributed by atoms with Gasteiger partial charge >= 0.3 is 5.97 Å². The van der Waals surface area contributed by atoms with Gasteiger partial charge in [0.2, 0.25) is 5.04 Å². The number of anilines is 1. The Labute approximate surface area is 183 Å². The van der Waals surface area contributed by atoms with Crippen molar-refractivity contribution in [3.8, 4) is 17.1 Å². The molecule has 0 fully saturated rings. The van der Waals surface area contributed by atoms with Crippen molar-refractivity contribution in [2.24, 2.45) is 12.1 Å². The molecule has 10 heteroatoms. The van der Waals surface area contributed by atoms with E-state index < -0.39 is 5.97 Å². The number of hydrogen-bond acceptors (Lipinski definition) is 8. The van der Waals surface area contributed by atoms with Gasteiger partial charge in [0.15, 0.2) is 11.0 Å². The van der Waals surface area contributed by atoms with Gasteiger partial charge in [-0.1, -0.05) is 11.6 Å². The van der Waals surface area contributed by atoms with Crippen LogP contribution in [0.15, 0.2) is 58.8 Å². The number of rotatable bonds is 6. The lowest BCUT2D eigenvalue weighted by Gasteiger charge is -2.08. The Morgan fingerprint density at radius 2 is 1.87 bits per heavy atom. The van der Waals surface area contributed by atoms with E-state index in [1.54, 1.807) is 42.9 Å². The van der Waals surface area contributed by atoms with E-state index in [2.05, 4.69) is 20.7 Å². The Kier molecular flexibility index (Phi) is 7.31. The molecule has 0 unspecified atom stereocenters. The fraction of sp³-hybridized carbons (Fsp3) is 0.200. The number of nitrogens with zero attached hydrogens (tertiary/aromatic N) is 4. The zero-order valence-corrected chi connectivity index (χ0v) is 18.2. The van der Waals surface area contributed by atoms with Crippen LogP contribution in [0.5, 0.6) is 5.75 Å². The second kappa shape index (κ2) is 10.1. The molecule has 3 rings (SSSR count). The minimum Gasteiger partial charge on any atom is -0.497 e. The highest BCUT2D eigenvalue weighted by Gasteiger charge is 2.20. The van der Waals surface area contributed by atoms with Gasteiger partial charge in [-0.05, 0) is 67.2 Å². The molecule has 1 aromatic heterocycles. The van der Waals surface area contributed by atoms with E-state index in [4.69, 9.17) is 21.1 Å². The first-order valence-corrected chi connectivity index (χ1v) is 10.2. The third kappa shape index (κ3) is 5.31. The number of aromatic nitrogens is 3. The Bertz CT molecular complexity index is 1040. The van der Waals surface area contributed by atoms with Gasteiger partial charge in [0.25, 0.3) is 0 Å². The van der Waals surface area contributed by atoms with E-state index in [1.165, 1.54) is 0 Å². The first kappa shape index (κ1) is 21.7. The van der Waals surface area contributed by atoms with E-state index >= 15 is 0 Å². The van der Waals surface area contributed by atoms with Crippen molar-refractivity contribution < 1.29 is 14.3 Å². The summed E-state index contributed by atoms with van der Waals surface area (Å²) in [5.41, 5.74) is 4.38. The third-order valence-corrected chi connectivity index (χ3v) is 5.19. The lowest BCUT2D eigenvalue weighted by molar-refractivity contribution is -0.134. The highest BCUT2D eigenvalue weighted by atomic mass is 35.5. The van der Waals surface area contributed by atoms with Crippen LogP contribution >= 0.6 is 23.4 Å². The maximum absolute atomic E-state index is 12.4.